The highest BCUT2D eigenvalue weighted by Crippen LogP contribution is 2.42. The normalized spacial score (nSPS) is 11.7. The number of hydrogen-bond donors (Lipinski definition) is 0. The zero-order valence-electron chi connectivity index (χ0n) is 38.0. The molecule has 14 rings (SSSR count). The van der Waals surface area contributed by atoms with Crippen molar-refractivity contribution < 1.29 is 8.83 Å². The highest BCUT2D eigenvalue weighted by Gasteiger charge is 2.18. The molecule has 0 spiro atoms. The summed E-state index contributed by atoms with van der Waals surface area (Å²) in [6.07, 6.45) is 0. The van der Waals surface area contributed by atoms with E-state index in [-0.39, 0.29) is 0 Å². The number of fused-ring (bicyclic) bond motifs is 9. The topological polar surface area (TPSA) is 34.5 Å². The second kappa shape index (κ2) is 16.2. The van der Waals surface area contributed by atoms with Crippen LogP contribution in [0.5, 0.6) is 0 Å². The molecule has 14 aromatic rings. The summed E-state index contributed by atoms with van der Waals surface area (Å²) in [5.41, 5.74) is 19.4. The number of benzene rings is 11. The number of rotatable bonds is 8. The SMILES string of the molecule is c1ccc(-c2cccc3c2oc2ccc(-c4ccc(N(c5ccc(-c6ccc7c(c6)oc6ccccc67)cc5)c5ccc(-c6ccc7c(c6)c6ccccc6n7-c6ccccc6)cc5)cc4)cc23)cc1. The van der Waals surface area contributed by atoms with Gasteiger partial charge in [0, 0.05) is 60.6 Å². The zero-order valence-corrected chi connectivity index (χ0v) is 38.0. The molecule has 0 saturated carbocycles. The molecule has 0 amide bonds. The van der Waals surface area contributed by atoms with Gasteiger partial charge < -0.3 is 18.3 Å². The van der Waals surface area contributed by atoms with Crippen LogP contribution in [0.2, 0.25) is 0 Å². The van der Waals surface area contributed by atoms with Gasteiger partial charge in [0.1, 0.15) is 22.3 Å². The molecule has 0 atom stereocenters. The van der Waals surface area contributed by atoms with E-state index in [0.29, 0.717) is 0 Å². The van der Waals surface area contributed by atoms with Crippen LogP contribution in [0.25, 0.3) is 116 Å². The van der Waals surface area contributed by atoms with E-state index in [4.69, 9.17) is 8.83 Å². The van der Waals surface area contributed by atoms with Crippen LogP contribution in [-0.4, -0.2) is 4.57 Å². The Morgan fingerprint density at radius 1 is 0.271 bits per heavy atom. The lowest BCUT2D eigenvalue weighted by molar-refractivity contribution is 0.669. The van der Waals surface area contributed by atoms with Crippen molar-refractivity contribution in [1.29, 1.82) is 0 Å². The average Bonchev–Trinajstić information content (AvgIpc) is 4.11. The Morgan fingerprint density at radius 2 is 0.771 bits per heavy atom. The minimum atomic E-state index is 0.883. The molecule has 4 nitrogen and oxygen atoms in total. The van der Waals surface area contributed by atoms with Crippen LogP contribution in [-0.2, 0) is 0 Å². The van der Waals surface area contributed by atoms with Gasteiger partial charge in [-0.3, -0.25) is 0 Å². The number of furan rings is 2. The van der Waals surface area contributed by atoms with E-state index in [1.807, 2.05) is 18.2 Å². The van der Waals surface area contributed by atoms with Crippen molar-refractivity contribution in [3.05, 3.63) is 255 Å². The van der Waals surface area contributed by atoms with E-state index in [0.717, 1.165) is 106 Å². The fourth-order valence-corrected chi connectivity index (χ4v) is 10.6. The fourth-order valence-electron chi connectivity index (χ4n) is 10.6. The Bertz CT molecular complexity index is 4260. The van der Waals surface area contributed by atoms with Gasteiger partial charge in [-0.15, -0.1) is 0 Å². The Labute approximate surface area is 404 Å². The monoisotopic (exact) mass is 894 g/mol. The average molecular weight is 895 g/mol. The van der Waals surface area contributed by atoms with Gasteiger partial charge in [-0.05, 0) is 136 Å². The molecule has 0 radical (unpaired) electrons. The summed E-state index contributed by atoms with van der Waals surface area (Å²) >= 11 is 0. The maximum Gasteiger partial charge on any atom is 0.143 e. The third-order valence-electron chi connectivity index (χ3n) is 14.0. The number of hydrogen-bond acceptors (Lipinski definition) is 3. The number of nitrogens with zero attached hydrogens (tertiary/aromatic N) is 2. The molecule has 4 heteroatoms. The number of aromatic nitrogens is 1. The summed E-state index contributed by atoms with van der Waals surface area (Å²) in [5.74, 6) is 0. The van der Waals surface area contributed by atoms with Gasteiger partial charge >= 0.3 is 0 Å². The first-order valence-electron chi connectivity index (χ1n) is 23.8. The van der Waals surface area contributed by atoms with Crippen LogP contribution >= 0.6 is 0 Å². The lowest BCUT2D eigenvalue weighted by Crippen LogP contribution is -2.09. The molecule has 0 unspecified atom stereocenters. The molecule has 70 heavy (non-hydrogen) atoms. The summed E-state index contributed by atoms with van der Waals surface area (Å²) in [7, 11) is 0. The second-order valence-corrected chi connectivity index (χ2v) is 18.1. The van der Waals surface area contributed by atoms with Crippen molar-refractivity contribution in [1.82, 2.24) is 4.57 Å². The molecule has 0 N–H and O–H groups in total. The fraction of sp³-hybridized carbons (Fsp3) is 0. The second-order valence-electron chi connectivity index (χ2n) is 18.1. The molecule has 0 aliphatic carbocycles. The van der Waals surface area contributed by atoms with Gasteiger partial charge in [-0.1, -0.05) is 158 Å². The highest BCUT2D eigenvalue weighted by atomic mass is 16.3. The van der Waals surface area contributed by atoms with Gasteiger partial charge in [-0.2, -0.15) is 0 Å². The first-order valence-corrected chi connectivity index (χ1v) is 23.8. The third kappa shape index (κ3) is 6.61. The summed E-state index contributed by atoms with van der Waals surface area (Å²) in [6, 6.07) is 91.1. The molecule has 11 aromatic carbocycles. The van der Waals surface area contributed by atoms with Crippen LogP contribution < -0.4 is 4.90 Å². The largest absolute Gasteiger partial charge is 0.456 e. The molecule has 3 heterocycles. The summed E-state index contributed by atoms with van der Waals surface area (Å²) in [5, 5.41) is 6.96. The summed E-state index contributed by atoms with van der Waals surface area (Å²) in [6.45, 7) is 0. The summed E-state index contributed by atoms with van der Waals surface area (Å²) in [4.78, 5) is 2.34. The number of para-hydroxylation sites is 4. The molecule has 0 aliphatic rings. The third-order valence-corrected chi connectivity index (χ3v) is 14.0. The first-order chi connectivity index (χ1) is 34.7. The van der Waals surface area contributed by atoms with E-state index in [2.05, 4.69) is 246 Å². The first kappa shape index (κ1) is 39.8. The smallest absolute Gasteiger partial charge is 0.143 e. The van der Waals surface area contributed by atoms with Crippen LogP contribution in [0.3, 0.4) is 0 Å². The van der Waals surface area contributed by atoms with Crippen LogP contribution in [0, 0.1) is 0 Å². The molecular weight excluding hydrogens is 853 g/mol. The van der Waals surface area contributed by atoms with E-state index in [1.165, 1.54) is 27.4 Å². The van der Waals surface area contributed by atoms with Crippen molar-refractivity contribution in [3.8, 4) is 50.2 Å². The molecule has 3 aromatic heterocycles. The quantitative estimate of drug-likeness (QED) is 0.152. The van der Waals surface area contributed by atoms with E-state index < -0.39 is 0 Å². The maximum atomic E-state index is 6.52. The van der Waals surface area contributed by atoms with Gasteiger partial charge in [0.25, 0.3) is 0 Å². The Morgan fingerprint density at radius 3 is 1.47 bits per heavy atom. The minimum Gasteiger partial charge on any atom is -0.456 e. The van der Waals surface area contributed by atoms with Crippen LogP contribution in [0.15, 0.2) is 264 Å². The van der Waals surface area contributed by atoms with Gasteiger partial charge in [-0.25, -0.2) is 0 Å². The number of anilines is 3. The van der Waals surface area contributed by atoms with Gasteiger partial charge in [0.2, 0.25) is 0 Å². The Hall–Kier alpha value is -9.38. The van der Waals surface area contributed by atoms with Crippen molar-refractivity contribution in [2.75, 3.05) is 4.90 Å². The van der Waals surface area contributed by atoms with E-state index in [9.17, 15) is 0 Å². The predicted octanol–water partition coefficient (Wildman–Crippen LogP) is 18.7. The highest BCUT2D eigenvalue weighted by molar-refractivity contribution is 6.12. The standard InChI is InChI=1S/C66H42N2O2/c1-3-12-46(13-4-1)54-18-11-19-58-60-41-48(30-39-64(60)70-66(54)58)44-24-33-52(34-25-44)67(53-35-26-45(27-36-53)49-28-37-57-56-17-8-10-21-63(56)69-65(57)42-49)51-31-22-43(23-32-51)47-29-38-62-59(40-47)55-16-7-9-20-61(55)68(62)50-14-5-2-6-15-50/h1-42H. The summed E-state index contributed by atoms with van der Waals surface area (Å²) < 4.78 is 15.2. The van der Waals surface area contributed by atoms with Gasteiger partial charge in [0.15, 0.2) is 0 Å². The lowest BCUT2D eigenvalue weighted by Gasteiger charge is -2.26. The van der Waals surface area contributed by atoms with Crippen molar-refractivity contribution in [2.24, 2.45) is 0 Å². The molecule has 328 valence electrons. The van der Waals surface area contributed by atoms with Crippen molar-refractivity contribution in [2.45, 2.75) is 0 Å². The predicted molar refractivity (Wildman–Crippen MR) is 292 cm³/mol. The van der Waals surface area contributed by atoms with Crippen molar-refractivity contribution >= 4 is 82.7 Å². The molecule has 0 aliphatic heterocycles. The molecular formula is C66H42N2O2. The van der Waals surface area contributed by atoms with E-state index >= 15 is 0 Å². The Balaban J connectivity index is 0.833. The van der Waals surface area contributed by atoms with Gasteiger partial charge in [0.05, 0.1) is 11.0 Å². The molecule has 0 saturated heterocycles. The zero-order chi connectivity index (χ0) is 46.1. The van der Waals surface area contributed by atoms with Crippen LogP contribution in [0.1, 0.15) is 0 Å². The van der Waals surface area contributed by atoms with E-state index in [1.54, 1.807) is 0 Å². The van der Waals surface area contributed by atoms with Crippen LogP contribution in [0.4, 0.5) is 17.1 Å². The Kier molecular flexibility index (Phi) is 9.17. The molecule has 0 bridgehead atoms. The molecule has 0 fully saturated rings. The lowest BCUT2D eigenvalue weighted by atomic mass is 9.99. The van der Waals surface area contributed by atoms with Crippen molar-refractivity contribution in [3.63, 3.8) is 0 Å². The minimum absolute atomic E-state index is 0.883. The maximum absolute atomic E-state index is 6.52.